The van der Waals surface area contributed by atoms with E-state index in [2.05, 4.69) is 11.1 Å². The lowest BCUT2D eigenvalue weighted by Gasteiger charge is -2.16. The van der Waals surface area contributed by atoms with E-state index >= 15 is 0 Å². The Labute approximate surface area is 196 Å². The molecule has 0 saturated carbocycles. The number of nitrogens with two attached hydrogens (primary N) is 1. The number of benzene rings is 3. The molecule has 4 nitrogen and oxygen atoms in total. The van der Waals surface area contributed by atoms with E-state index in [-0.39, 0.29) is 5.82 Å². The van der Waals surface area contributed by atoms with Crippen LogP contribution >= 0.6 is 23.2 Å². The van der Waals surface area contributed by atoms with Gasteiger partial charge in [0.2, 0.25) is 0 Å². The van der Waals surface area contributed by atoms with Crippen LogP contribution in [0.1, 0.15) is 16.7 Å². The van der Waals surface area contributed by atoms with Crippen LogP contribution in [0.4, 0.5) is 5.82 Å². The van der Waals surface area contributed by atoms with Crippen molar-refractivity contribution in [3.63, 3.8) is 0 Å². The summed E-state index contributed by atoms with van der Waals surface area (Å²) in [6, 6.07) is 24.9. The number of aromatic nitrogens is 1. The van der Waals surface area contributed by atoms with E-state index in [0.29, 0.717) is 44.8 Å². The summed E-state index contributed by atoms with van der Waals surface area (Å²) in [7, 11) is 0. The second-order valence-corrected chi connectivity index (χ2v) is 8.10. The van der Waals surface area contributed by atoms with Crippen LogP contribution in [0.3, 0.4) is 0 Å². The average Bonchev–Trinajstić information content (AvgIpc) is 2.80. The maximum atomic E-state index is 9.81. The second-order valence-electron chi connectivity index (χ2n) is 7.26. The molecule has 0 amide bonds. The van der Waals surface area contributed by atoms with Crippen molar-refractivity contribution in [2.45, 2.75) is 13.5 Å². The summed E-state index contributed by atoms with van der Waals surface area (Å²) in [5, 5.41) is 10.8. The number of pyridine rings is 1. The van der Waals surface area contributed by atoms with Crippen LogP contribution in [0.15, 0.2) is 72.8 Å². The Morgan fingerprint density at radius 3 is 2.50 bits per heavy atom. The van der Waals surface area contributed by atoms with Crippen LogP contribution in [0.25, 0.3) is 22.4 Å². The van der Waals surface area contributed by atoms with Crippen molar-refractivity contribution >= 4 is 29.0 Å². The molecule has 4 aromatic rings. The minimum atomic E-state index is 0.143. The third kappa shape index (κ3) is 4.40. The highest BCUT2D eigenvalue weighted by Crippen LogP contribution is 2.39. The molecule has 0 aliphatic rings. The first kappa shape index (κ1) is 21.7. The van der Waals surface area contributed by atoms with Gasteiger partial charge < -0.3 is 10.5 Å². The maximum Gasteiger partial charge on any atom is 0.142 e. The van der Waals surface area contributed by atoms with Crippen LogP contribution < -0.4 is 10.5 Å². The molecule has 1 aromatic heterocycles. The van der Waals surface area contributed by atoms with Crippen LogP contribution in [0.2, 0.25) is 10.0 Å². The average molecular weight is 460 g/mol. The van der Waals surface area contributed by atoms with Gasteiger partial charge in [-0.05, 0) is 53.9 Å². The van der Waals surface area contributed by atoms with E-state index in [0.717, 1.165) is 16.7 Å². The van der Waals surface area contributed by atoms with Gasteiger partial charge in [0.05, 0.1) is 10.7 Å². The first-order valence-electron chi connectivity index (χ1n) is 9.90. The molecule has 4 rings (SSSR count). The number of ether oxygens (including phenoxy) is 1. The fourth-order valence-corrected chi connectivity index (χ4v) is 4.09. The SMILES string of the molecule is Cc1c(-c2ccc(Cl)cc2Cl)nc(N)c(C#N)c1-c1cccc(OCc2ccccc2)c1. The lowest BCUT2D eigenvalue weighted by atomic mass is 9.92. The van der Waals surface area contributed by atoms with Crippen LogP contribution in [0, 0.1) is 18.3 Å². The Kier molecular flexibility index (Phi) is 6.32. The summed E-state index contributed by atoms with van der Waals surface area (Å²) in [4.78, 5) is 4.49. The Bertz CT molecular complexity index is 1330. The number of nitriles is 1. The molecule has 6 heteroatoms. The predicted molar refractivity (Wildman–Crippen MR) is 130 cm³/mol. The molecule has 0 saturated heterocycles. The molecule has 158 valence electrons. The zero-order valence-corrected chi connectivity index (χ0v) is 18.8. The zero-order valence-electron chi connectivity index (χ0n) is 17.3. The van der Waals surface area contributed by atoms with E-state index in [1.54, 1.807) is 18.2 Å². The summed E-state index contributed by atoms with van der Waals surface area (Å²) < 4.78 is 5.98. The Morgan fingerprint density at radius 1 is 1.00 bits per heavy atom. The number of hydrogen-bond donors (Lipinski definition) is 1. The molecule has 0 fully saturated rings. The third-order valence-corrected chi connectivity index (χ3v) is 5.69. The van der Waals surface area contributed by atoms with Crippen molar-refractivity contribution in [1.82, 2.24) is 4.98 Å². The molecule has 1 heterocycles. The fourth-order valence-electron chi connectivity index (χ4n) is 3.59. The molecule has 32 heavy (non-hydrogen) atoms. The number of anilines is 1. The quantitative estimate of drug-likeness (QED) is 0.346. The van der Waals surface area contributed by atoms with Gasteiger partial charge >= 0.3 is 0 Å². The Morgan fingerprint density at radius 2 is 1.78 bits per heavy atom. The first-order chi connectivity index (χ1) is 15.5. The monoisotopic (exact) mass is 459 g/mol. The van der Waals surface area contributed by atoms with Crippen molar-refractivity contribution in [1.29, 1.82) is 5.26 Å². The molecular formula is C26H19Cl2N3O. The summed E-state index contributed by atoms with van der Waals surface area (Å²) in [6.45, 7) is 2.35. The smallest absolute Gasteiger partial charge is 0.142 e. The maximum absolute atomic E-state index is 9.81. The summed E-state index contributed by atoms with van der Waals surface area (Å²) in [6.07, 6.45) is 0. The number of hydrogen-bond acceptors (Lipinski definition) is 4. The van der Waals surface area contributed by atoms with Gasteiger partial charge in [0.25, 0.3) is 0 Å². The zero-order chi connectivity index (χ0) is 22.7. The number of nitrogen functional groups attached to an aromatic ring is 1. The van der Waals surface area contributed by atoms with Crippen molar-refractivity contribution in [2.24, 2.45) is 0 Å². The highest BCUT2D eigenvalue weighted by Gasteiger charge is 2.20. The molecule has 2 N–H and O–H groups in total. The third-order valence-electron chi connectivity index (χ3n) is 5.14. The largest absolute Gasteiger partial charge is 0.489 e. The highest BCUT2D eigenvalue weighted by atomic mass is 35.5. The lowest BCUT2D eigenvalue weighted by Crippen LogP contribution is -2.04. The van der Waals surface area contributed by atoms with Gasteiger partial charge in [0, 0.05) is 16.1 Å². The standard InChI is InChI=1S/C26H19Cl2N3O/c1-16-24(18-8-5-9-20(12-18)32-15-17-6-3-2-4-7-17)22(14-29)26(30)31-25(16)21-11-10-19(27)13-23(21)28/h2-13H,15H2,1H3,(H2,30,31). The topological polar surface area (TPSA) is 71.9 Å². The molecule has 0 bridgehead atoms. The minimum Gasteiger partial charge on any atom is -0.489 e. The van der Waals surface area contributed by atoms with Crippen molar-refractivity contribution in [3.8, 4) is 34.2 Å². The van der Waals surface area contributed by atoms with Gasteiger partial charge in [-0.1, -0.05) is 65.7 Å². The second kappa shape index (κ2) is 9.32. The predicted octanol–water partition coefficient (Wildman–Crippen LogP) is 7.06. The molecule has 0 unspecified atom stereocenters. The van der Waals surface area contributed by atoms with Crippen molar-refractivity contribution in [3.05, 3.63) is 99.5 Å². The van der Waals surface area contributed by atoms with E-state index in [1.807, 2.05) is 61.5 Å². The Balaban J connectivity index is 1.79. The van der Waals surface area contributed by atoms with Gasteiger partial charge in [0.1, 0.15) is 29.8 Å². The van der Waals surface area contributed by atoms with E-state index in [1.165, 1.54) is 0 Å². The summed E-state index contributed by atoms with van der Waals surface area (Å²) in [5.41, 5.74) is 11.2. The summed E-state index contributed by atoms with van der Waals surface area (Å²) in [5.74, 6) is 0.834. The number of halogens is 2. The first-order valence-corrected chi connectivity index (χ1v) is 10.7. The van der Waals surface area contributed by atoms with Gasteiger partial charge in [-0.25, -0.2) is 4.98 Å². The minimum absolute atomic E-state index is 0.143. The molecule has 0 aliphatic carbocycles. The van der Waals surface area contributed by atoms with Gasteiger partial charge in [-0.15, -0.1) is 0 Å². The molecule has 0 atom stereocenters. The van der Waals surface area contributed by atoms with Gasteiger partial charge in [-0.2, -0.15) is 5.26 Å². The Hall–Kier alpha value is -3.52. The van der Waals surface area contributed by atoms with E-state index < -0.39 is 0 Å². The molecule has 0 radical (unpaired) electrons. The number of rotatable bonds is 5. The van der Waals surface area contributed by atoms with E-state index in [4.69, 9.17) is 33.7 Å². The van der Waals surface area contributed by atoms with Crippen molar-refractivity contribution < 1.29 is 4.74 Å². The molecule has 0 spiro atoms. The number of nitrogens with zero attached hydrogens (tertiary/aromatic N) is 2. The lowest BCUT2D eigenvalue weighted by molar-refractivity contribution is 0.306. The van der Waals surface area contributed by atoms with Crippen LogP contribution in [-0.4, -0.2) is 4.98 Å². The molecule has 3 aromatic carbocycles. The fraction of sp³-hybridized carbons (Fsp3) is 0.0769. The van der Waals surface area contributed by atoms with Crippen LogP contribution in [-0.2, 0) is 6.61 Å². The normalized spacial score (nSPS) is 10.6. The molecule has 0 aliphatic heterocycles. The highest BCUT2D eigenvalue weighted by molar-refractivity contribution is 6.36. The van der Waals surface area contributed by atoms with Gasteiger partial charge in [-0.3, -0.25) is 0 Å². The van der Waals surface area contributed by atoms with Gasteiger partial charge in [0.15, 0.2) is 0 Å². The van der Waals surface area contributed by atoms with Crippen LogP contribution in [0.5, 0.6) is 5.75 Å². The van der Waals surface area contributed by atoms with E-state index in [9.17, 15) is 5.26 Å². The van der Waals surface area contributed by atoms with Crippen molar-refractivity contribution in [2.75, 3.05) is 5.73 Å². The summed E-state index contributed by atoms with van der Waals surface area (Å²) >= 11 is 12.5. The molecular weight excluding hydrogens is 441 g/mol.